The molecule has 6 aliphatic carbocycles. The van der Waals surface area contributed by atoms with Crippen LogP contribution in [0.5, 0.6) is 0 Å². The average molecular weight is 1860 g/mol. The Balaban J connectivity index is 0.000000144. The van der Waals surface area contributed by atoms with E-state index in [2.05, 4.69) is 233 Å². The Hall–Kier alpha value is -8.45. The van der Waals surface area contributed by atoms with Crippen LogP contribution in [0.1, 0.15) is 276 Å². The summed E-state index contributed by atoms with van der Waals surface area (Å²) < 4.78 is 32.5. The maximum Gasteiger partial charge on any atom is 0.163 e. The molecule has 20 rings (SSSR count). The second kappa shape index (κ2) is 37.8. The minimum Gasteiger partial charge on any atom is -0.390 e. The summed E-state index contributed by atoms with van der Waals surface area (Å²) in [7, 11) is 0. The topological polar surface area (TPSA) is 343 Å². The number of benzene rings is 3. The number of aliphatic hydroxyl groups excluding tert-OH is 2. The monoisotopic (exact) mass is 1860 g/mol. The van der Waals surface area contributed by atoms with E-state index in [1.807, 2.05) is 44.5 Å². The highest BCUT2D eigenvalue weighted by molar-refractivity contribution is 6.36. The molecule has 29 heteroatoms. The van der Waals surface area contributed by atoms with Crippen molar-refractivity contribution in [2.45, 2.75) is 362 Å². The molecule has 11 heterocycles. The summed E-state index contributed by atoms with van der Waals surface area (Å²) in [5, 5.41) is 25.4. The summed E-state index contributed by atoms with van der Waals surface area (Å²) in [5.41, 5.74) is 31.6. The number of aromatic nitrogens is 15. The fourth-order valence-corrected chi connectivity index (χ4v) is 23.8. The molecule has 0 bridgehead atoms. The van der Waals surface area contributed by atoms with E-state index in [1.165, 1.54) is 67.9 Å². The van der Waals surface area contributed by atoms with Gasteiger partial charge in [-0.05, 0) is 239 Å². The van der Waals surface area contributed by atoms with E-state index in [9.17, 15) is 10.2 Å². The second-order valence-electron chi connectivity index (χ2n) is 44.7. The molecule has 27 nitrogen and oxygen atoms in total. The molecule has 133 heavy (non-hydrogen) atoms. The van der Waals surface area contributed by atoms with Crippen molar-refractivity contribution >= 4 is 107 Å². The number of rotatable bonds is 24. The maximum absolute atomic E-state index is 11.1. The molecule has 0 spiro atoms. The number of H-pyrrole nitrogens is 3. The number of aliphatic hydroxyl groups is 2. The quantitative estimate of drug-likeness (QED) is 0.0278. The van der Waals surface area contributed by atoms with Gasteiger partial charge in [0.25, 0.3) is 0 Å². The van der Waals surface area contributed by atoms with Crippen molar-refractivity contribution < 1.29 is 29.2 Å². The van der Waals surface area contributed by atoms with Gasteiger partial charge in [-0.25, -0.2) is 44.9 Å². The lowest BCUT2D eigenvalue weighted by molar-refractivity contribution is -0.162. The van der Waals surface area contributed by atoms with E-state index in [-0.39, 0.29) is 79.6 Å². The molecule has 9 aromatic heterocycles. The van der Waals surface area contributed by atoms with Crippen LogP contribution in [-0.4, -0.2) is 203 Å². The van der Waals surface area contributed by atoms with Crippen LogP contribution in [0, 0.1) is 35.5 Å². The average Bonchev–Trinajstić information content (AvgIpc) is 1.58. The Kier molecular flexibility index (Phi) is 27.7. The molecule has 2 saturated heterocycles. The molecule has 11 N–H and O–H groups in total. The molecule has 720 valence electrons. The van der Waals surface area contributed by atoms with Gasteiger partial charge in [-0.3, -0.25) is 14.7 Å². The number of ether oxygens (including phenoxy) is 4. The van der Waals surface area contributed by atoms with E-state index < -0.39 is 23.8 Å². The van der Waals surface area contributed by atoms with Gasteiger partial charge < -0.3 is 75.0 Å². The number of nitrogen functional groups attached to an aromatic ring is 3. The fourth-order valence-electron chi connectivity index (χ4n) is 23.2. The van der Waals surface area contributed by atoms with Crippen LogP contribution < -0.4 is 17.2 Å². The highest BCUT2D eigenvalue weighted by Gasteiger charge is 2.58. The predicted molar refractivity (Wildman–Crippen MR) is 535 cm³/mol. The second-order valence-corrected chi connectivity index (χ2v) is 45.5. The number of aryl methyl sites for hydroxylation is 3. The van der Waals surface area contributed by atoms with Crippen LogP contribution >= 0.6 is 23.2 Å². The number of halogens is 2. The number of nitrogens with one attached hydrogen (secondary N) is 3. The lowest BCUT2D eigenvalue weighted by Crippen LogP contribution is -2.51. The zero-order valence-electron chi connectivity index (χ0n) is 80.3. The Morgan fingerprint density at radius 2 is 0.759 bits per heavy atom. The number of fused-ring (bicyclic) bond motifs is 8. The van der Waals surface area contributed by atoms with Crippen LogP contribution in [-0.2, 0) is 54.5 Å². The van der Waals surface area contributed by atoms with Crippen LogP contribution in [0.4, 0.5) is 17.5 Å². The number of hydrogen-bond donors (Lipinski definition) is 8. The molecule has 8 aliphatic rings. The zero-order chi connectivity index (χ0) is 92.7. The van der Waals surface area contributed by atoms with Gasteiger partial charge in [-0.1, -0.05) is 119 Å². The first-order chi connectivity index (χ1) is 62.0. The molecular weight excluding hydrogens is 1710 g/mol. The number of nitrogens with two attached hydrogens (primary N) is 3. The largest absolute Gasteiger partial charge is 0.390 e. The molecule has 8 fully saturated rings. The number of hydrogen-bond acceptors (Lipinski definition) is 21. The molecule has 6 saturated carbocycles. The smallest absolute Gasteiger partial charge is 0.163 e. The highest BCUT2D eigenvalue weighted by atomic mass is 35.5. The van der Waals surface area contributed by atoms with Gasteiger partial charge in [-0.2, -0.15) is 0 Å². The van der Waals surface area contributed by atoms with E-state index >= 15 is 0 Å². The summed E-state index contributed by atoms with van der Waals surface area (Å²) in [4.78, 5) is 59.3. The normalized spacial score (nSPS) is 27.3. The molecule has 12 aromatic rings. The van der Waals surface area contributed by atoms with Gasteiger partial charge >= 0.3 is 0 Å². The Morgan fingerprint density at radius 1 is 0.429 bits per heavy atom. The standard InChI is InChI=1S/C35H48ClN7O2.C35H49N7O2.C32H44ClN7O2.2CH4/c1-19(2)42(23-12-20(13-23)8-11-28-40-25-10-9-22(34(3,4)5)15-26(25)41-28)16-21-14-27(31-30(21)44-35(6,7)45-31)43-17-24(36)29-32(37)38-18-39-33(29)43;1-20(2)42(24-14-21(15-24)8-11-29-39-26-10-9-23(34(3,4)5)17-27(26)40-29)18-22-16-28(31-30(22)43-35(6,7)44-31)41-13-12-25-32(36)37-19-38-33(25)41;1-17(2)39(14-19-12-25(29(42)28(19)41)40-15-22(33)27-30(34)35-16-36-31(27)40)21-10-18(11-21)6-9-26-37-23-8-7-20(32(3,4)5)13-24(23)38-26;;/h9-10,15,17-21,23,27,30-31H,8,11-14,16H2,1-7H3,(H,40,41)(H2,37,38,39);9-10,12-13,17,19-22,24,28,30-31H,8,11,14-16,18H2,1-7H3,(H,39,40)(H2,36,37,38);7-8,13,15-19,21,25,28-29,41-42H,6,9-12,14H2,1-5H3,(H,37,38)(H2,34,35,36);2*1H4/t20?,21-,23?,27-,30-,31+;21?,22-,24?,28-,30-,31+;18?,19-,21?,25-,28-,29+;;/m111../s1. The van der Waals surface area contributed by atoms with Crippen molar-refractivity contribution in [3.05, 3.63) is 142 Å². The van der Waals surface area contributed by atoms with Gasteiger partial charge in [0.05, 0.1) is 95.7 Å². The molecule has 0 radical (unpaired) electrons. The molecule has 12 atom stereocenters. The molecule has 0 unspecified atom stereocenters. The summed E-state index contributed by atoms with van der Waals surface area (Å²) in [5.74, 6) is 6.06. The number of nitrogens with zero attached hydrogens (tertiary/aromatic N) is 15. The third kappa shape index (κ3) is 19.9. The molecule has 2 aliphatic heterocycles. The van der Waals surface area contributed by atoms with Gasteiger partial charge in [0.15, 0.2) is 11.6 Å². The third-order valence-electron chi connectivity index (χ3n) is 30.6. The van der Waals surface area contributed by atoms with Crippen LogP contribution in [0.25, 0.3) is 66.2 Å². The molecule has 3 aromatic carbocycles. The highest BCUT2D eigenvalue weighted by Crippen LogP contribution is 2.53. The van der Waals surface area contributed by atoms with Gasteiger partial charge in [0.1, 0.15) is 89.2 Å². The van der Waals surface area contributed by atoms with Crippen molar-refractivity contribution in [1.82, 2.24) is 88.2 Å². The fraction of sp³-hybridized carbons (Fsp3) is 0.625. The number of aromatic amines is 3. The summed E-state index contributed by atoms with van der Waals surface area (Å²) in [6.07, 6.45) is 24.7. The third-order valence-corrected chi connectivity index (χ3v) is 31.2. The van der Waals surface area contributed by atoms with E-state index in [0.717, 1.165) is 150 Å². The van der Waals surface area contributed by atoms with E-state index in [1.54, 1.807) is 12.5 Å². The van der Waals surface area contributed by atoms with E-state index in [0.29, 0.717) is 104 Å². The number of imidazole rings is 3. The first-order valence-electron chi connectivity index (χ1n) is 48.5. The Morgan fingerprint density at radius 3 is 1.13 bits per heavy atom. The maximum atomic E-state index is 11.1. The lowest BCUT2D eigenvalue weighted by atomic mass is 9.76. The van der Waals surface area contributed by atoms with Crippen molar-refractivity contribution in [1.29, 1.82) is 0 Å². The van der Waals surface area contributed by atoms with Crippen molar-refractivity contribution in [3.63, 3.8) is 0 Å². The minimum atomic E-state index is -0.913. The van der Waals surface area contributed by atoms with Crippen LogP contribution in [0.3, 0.4) is 0 Å². The first kappa shape index (κ1) is 97.6. The lowest BCUT2D eigenvalue weighted by Gasteiger charge is -2.46. The first-order valence-corrected chi connectivity index (χ1v) is 49.2. The zero-order valence-corrected chi connectivity index (χ0v) is 81.8. The minimum absolute atomic E-state index is 0. The number of anilines is 3. The molecular formula is C104H149Cl2N21O6. The predicted octanol–water partition coefficient (Wildman–Crippen LogP) is 20.0. The SMILES string of the molecule is C.C.CC(C)N(C[C@H]1C[C@@H](n2cc(Cl)c3c(N)ncnc32)[C@@H]2OC(C)(C)O[C@H]12)C1CC(CCc2nc3ccc(C(C)(C)C)cc3[nH]2)C1.CC(C)N(C[C@H]1C[C@@H](n2cc(Cl)c3c(N)ncnc32)[C@H](O)[C@@H]1O)C1CC(CCc2nc3ccc(C(C)(C)C)cc3[nH]2)C1.CC(C)N(C[C@H]1C[C@@H](n2ccc3c(N)ncnc32)[C@@H]2OC(C)(C)O[C@H]12)C1CC(CCc2nc3ccc(C(C)(C)C)cc3[nH]2)C1. The van der Waals surface area contributed by atoms with Crippen molar-refractivity contribution in [3.8, 4) is 0 Å². The Labute approximate surface area is 795 Å². The van der Waals surface area contributed by atoms with Gasteiger partial charge in [0, 0.05) is 111 Å². The van der Waals surface area contributed by atoms with Gasteiger partial charge in [-0.15, -0.1) is 0 Å². The van der Waals surface area contributed by atoms with Crippen LogP contribution in [0.15, 0.2) is 98.2 Å². The summed E-state index contributed by atoms with van der Waals surface area (Å²) >= 11 is 13.1. The van der Waals surface area contributed by atoms with Crippen molar-refractivity contribution in [2.75, 3.05) is 36.8 Å². The molecule has 0 amide bonds. The van der Waals surface area contributed by atoms with Crippen molar-refractivity contribution in [2.24, 2.45) is 35.5 Å². The Bertz CT molecular complexity index is 6070. The summed E-state index contributed by atoms with van der Waals surface area (Å²) in [6.45, 7) is 44.9. The summed E-state index contributed by atoms with van der Waals surface area (Å²) in [6, 6.07) is 24.7. The van der Waals surface area contributed by atoms with E-state index in [4.69, 9.17) is 74.3 Å². The van der Waals surface area contributed by atoms with Gasteiger partial charge in [0.2, 0.25) is 0 Å². The van der Waals surface area contributed by atoms with Crippen LogP contribution in [0.2, 0.25) is 10.0 Å².